The Morgan fingerprint density at radius 1 is 1.33 bits per heavy atom. The van der Waals surface area contributed by atoms with Gasteiger partial charge in [0, 0.05) is 24.5 Å². The first-order valence-corrected chi connectivity index (χ1v) is 9.02. The van der Waals surface area contributed by atoms with Crippen LogP contribution in [0.4, 0.5) is 0 Å². The molecule has 0 aliphatic heterocycles. The topological polar surface area (TPSA) is 46.9 Å². The summed E-state index contributed by atoms with van der Waals surface area (Å²) in [6, 6.07) is 7.76. The highest BCUT2D eigenvalue weighted by atomic mass is 35.5. The van der Waals surface area contributed by atoms with Crippen molar-refractivity contribution in [2.75, 3.05) is 0 Å². The zero-order valence-corrected chi connectivity index (χ0v) is 14.6. The van der Waals surface area contributed by atoms with Crippen LogP contribution in [0.1, 0.15) is 49.5 Å². The molecule has 2 aliphatic rings. The van der Waals surface area contributed by atoms with Gasteiger partial charge in [0.25, 0.3) is 0 Å². The number of hydrogen-bond acceptors (Lipinski definition) is 2. The first-order chi connectivity index (χ1) is 11.6. The van der Waals surface area contributed by atoms with Gasteiger partial charge in [-0.3, -0.25) is 4.79 Å². The molecule has 2 aliphatic carbocycles. The fourth-order valence-corrected chi connectivity index (χ4v) is 3.85. The quantitative estimate of drug-likeness (QED) is 0.898. The normalized spacial score (nSPS) is 20.2. The van der Waals surface area contributed by atoms with E-state index in [0.29, 0.717) is 10.9 Å². The molecule has 4 rings (SSSR count). The molecule has 0 saturated heterocycles. The lowest BCUT2D eigenvalue weighted by Crippen LogP contribution is -2.50. The number of carbonyl (C=O) groups excluding carboxylic acids is 1. The van der Waals surface area contributed by atoms with Crippen molar-refractivity contribution in [3.63, 3.8) is 0 Å². The van der Waals surface area contributed by atoms with Crippen molar-refractivity contribution in [3.8, 4) is 0 Å². The van der Waals surface area contributed by atoms with E-state index in [4.69, 9.17) is 11.6 Å². The number of imidazole rings is 1. The molecular weight excluding hydrogens is 322 g/mol. The third kappa shape index (κ3) is 2.63. The third-order valence-corrected chi connectivity index (χ3v) is 5.81. The maximum atomic E-state index is 13.2. The molecule has 5 heteroatoms. The second kappa shape index (κ2) is 5.92. The maximum absolute atomic E-state index is 13.2. The van der Waals surface area contributed by atoms with Crippen molar-refractivity contribution in [3.05, 3.63) is 53.1 Å². The van der Waals surface area contributed by atoms with Crippen molar-refractivity contribution >= 4 is 17.5 Å². The molecule has 2 aromatic rings. The van der Waals surface area contributed by atoms with E-state index in [9.17, 15) is 4.79 Å². The SMILES string of the molecule is Cn1ccnc1[C@H](NC(=O)C1(c2ccc(Cl)cc2)CCC1)C1CC1. The van der Waals surface area contributed by atoms with E-state index in [1.165, 1.54) is 0 Å². The van der Waals surface area contributed by atoms with Gasteiger partial charge < -0.3 is 9.88 Å². The van der Waals surface area contributed by atoms with Crippen LogP contribution in [0, 0.1) is 5.92 Å². The minimum Gasteiger partial charge on any atom is -0.345 e. The Bertz CT molecular complexity index is 744. The summed E-state index contributed by atoms with van der Waals surface area (Å²) in [5, 5.41) is 4.03. The van der Waals surface area contributed by atoms with Gasteiger partial charge in [-0.25, -0.2) is 4.98 Å². The number of nitrogens with zero attached hydrogens (tertiary/aromatic N) is 2. The Labute approximate surface area is 147 Å². The standard InChI is InChI=1S/C19H22ClN3O/c1-23-12-11-21-17(23)16(13-3-4-13)22-18(24)19(9-2-10-19)14-5-7-15(20)8-6-14/h5-8,11-13,16H,2-4,9-10H2,1H3,(H,22,24)/t16-/m1/s1. The summed E-state index contributed by atoms with van der Waals surface area (Å²) in [5.41, 5.74) is 0.674. The number of nitrogens with one attached hydrogen (secondary N) is 1. The molecule has 4 nitrogen and oxygen atoms in total. The molecule has 2 saturated carbocycles. The van der Waals surface area contributed by atoms with E-state index >= 15 is 0 Å². The summed E-state index contributed by atoms with van der Waals surface area (Å²) in [6.07, 6.45) is 8.95. The van der Waals surface area contributed by atoms with Crippen molar-refractivity contribution < 1.29 is 4.79 Å². The van der Waals surface area contributed by atoms with E-state index in [1.54, 1.807) is 6.20 Å². The molecule has 1 amide bonds. The Hall–Kier alpha value is -1.81. The minimum atomic E-state index is -0.400. The van der Waals surface area contributed by atoms with Gasteiger partial charge in [0.2, 0.25) is 5.91 Å². The number of aromatic nitrogens is 2. The van der Waals surface area contributed by atoms with Crippen molar-refractivity contribution in [1.29, 1.82) is 0 Å². The molecule has 1 aromatic carbocycles. The monoisotopic (exact) mass is 343 g/mol. The number of hydrogen-bond donors (Lipinski definition) is 1. The fourth-order valence-electron chi connectivity index (χ4n) is 3.73. The summed E-state index contributed by atoms with van der Waals surface area (Å²) in [7, 11) is 1.99. The highest BCUT2D eigenvalue weighted by molar-refractivity contribution is 6.30. The second-order valence-corrected chi connectivity index (χ2v) is 7.56. The molecule has 2 fully saturated rings. The molecule has 1 N–H and O–H groups in total. The predicted molar refractivity (Wildman–Crippen MR) is 93.8 cm³/mol. The van der Waals surface area contributed by atoms with Crippen LogP contribution in [0.5, 0.6) is 0 Å². The molecule has 1 aromatic heterocycles. The van der Waals surface area contributed by atoms with Crippen LogP contribution in [0.25, 0.3) is 0 Å². The van der Waals surface area contributed by atoms with E-state index in [0.717, 1.165) is 43.5 Å². The van der Waals surface area contributed by atoms with E-state index in [1.807, 2.05) is 42.1 Å². The third-order valence-electron chi connectivity index (χ3n) is 5.56. The minimum absolute atomic E-state index is 0.0160. The number of rotatable bonds is 5. The number of aryl methyl sites for hydroxylation is 1. The van der Waals surface area contributed by atoms with Crippen molar-refractivity contribution in [2.45, 2.75) is 43.6 Å². The molecular formula is C19H22ClN3O. The Balaban J connectivity index is 1.59. The van der Waals surface area contributed by atoms with E-state index < -0.39 is 5.41 Å². The van der Waals surface area contributed by atoms with Crippen LogP contribution in [-0.4, -0.2) is 15.5 Å². The fraction of sp³-hybridized carbons (Fsp3) is 0.474. The maximum Gasteiger partial charge on any atom is 0.231 e. The van der Waals surface area contributed by atoms with E-state index in [-0.39, 0.29) is 11.9 Å². The van der Waals surface area contributed by atoms with Gasteiger partial charge in [0.15, 0.2) is 0 Å². The van der Waals surface area contributed by atoms with Crippen LogP contribution in [0.15, 0.2) is 36.7 Å². The molecule has 1 atom stereocenters. The first kappa shape index (κ1) is 15.7. The summed E-state index contributed by atoms with van der Waals surface area (Å²) in [5.74, 6) is 1.60. The van der Waals surface area contributed by atoms with Gasteiger partial charge in [-0.05, 0) is 49.3 Å². The zero-order valence-electron chi connectivity index (χ0n) is 13.8. The smallest absolute Gasteiger partial charge is 0.231 e. The molecule has 0 unspecified atom stereocenters. The molecule has 0 bridgehead atoms. The van der Waals surface area contributed by atoms with Crippen LogP contribution in [0.2, 0.25) is 5.02 Å². The van der Waals surface area contributed by atoms with Gasteiger partial charge in [-0.15, -0.1) is 0 Å². The van der Waals surface area contributed by atoms with Gasteiger partial charge >= 0.3 is 0 Å². The predicted octanol–water partition coefficient (Wildman–Crippen LogP) is 3.76. The second-order valence-electron chi connectivity index (χ2n) is 7.13. The lowest BCUT2D eigenvalue weighted by atomic mass is 9.63. The average molecular weight is 344 g/mol. The summed E-state index contributed by atoms with van der Waals surface area (Å²) in [4.78, 5) is 17.7. The summed E-state index contributed by atoms with van der Waals surface area (Å²) < 4.78 is 2.01. The molecule has 126 valence electrons. The van der Waals surface area contributed by atoms with Gasteiger partial charge in [0.1, 0.15) is 5.82 Å². The lowest BCUT2D eigenvalue weighted by Gasteiger charge is -2.41. The van der Waals surface area contributed by atoms with Crippen LogP contribution >= 0.6 is 11.6 Å². The van der Waals surface area contributed by atoms with Crippen LogP contribution in [0.3, 0.4) is 0 Å². The number of halogens is 1. The van der Waals surface area contributed by atoms with Crippen LogP contribution < -0.4 is 5.32 Å². The average Bonchev–Trinajstić information content (AvgIpc) is 3.27. The molecule has 1 heterocycles. The van der Waals surface area contributed by atoms with Gasteiger partial charge in [0.05, 0.1) is 11.5 Å². The Morgan fingerprint density at radius 2 is 2.04 bits per heavy atom. The van der Waals surface area contributed by atoms with Crippen LogP contribution in [-0.2, 0) is 17.3 Å². The summed E-state index contributed by atoms with van der Waals surface area (Å²) >= 11 is 6.01. The zero-order chi connectivity index (χ0) is 16.7. The Morgan fingerprint density at radius 3 is 2.54 bits per heavy atom. The van der Waals surface area contributed by atoms with E-state index in [2.05, 4.69) is 10.3 Å². The lowest BCUT2D eigenvalue weighted by molar-refractivity contribution is -0.131. The molecule has 0 radical (unpaired) electrons. The molecule has 24 heavy (non-hydrogen) atoms. The van der Waals surface area contributed by atoms with Crippen molar-refractivity contribution in [1.82, 2.24) is 14.9 Å². The van der Waals surface area contributed by atoms with Gasteiger partial charge in [-0.2, -0.15) is 0 Å². The Kier molecular flexibility index (Phi) is 3.87. The molecule has 0 spiro atoms. The number of carbonyl (C=O) groups is 1. The highest BCUT2D eigenvalue weighted by Crippen LogP contribution is 2.46. The first-order valence-electron chi connectivity index (χ1n) is 8.64. The number of amides is 1. The highest BCUT2D eigenvalue weighted by Gasteiger charge is 2.47. The summed E-state index contributed by atoms with van der Waals surface area (Å²) in [6.45, 7) is 0. The van der Waals surface area contributed by atoms with Gasteiger partial charge in [-0.1, -0.05) is 30.2 Å². The van der Waals surface area contributed by atoms with Crippen molar-refractivity contribution in [2.24, 2.45) is 13.0 Å². The largest absolute Gasteiger partial charge is 0.345 e. The number of benzene rings is 1.